The van der Waals surface area contributed by atoms with Crippen molar-refractivity contribution in [2.75, 3.05) is 31.9 Å². The van der Waals surface area contributed by atoms with Crippen LogP contribution in [0.15, 0.2) is 21.6 Å². The molecule has 0 saturated carbocycles. The molecule has 0 bridgehead atoms. The molecule has 0 spiro atoms. The van der Waals surface area contributed by atoms with E-state index in [1.807, 2.05) is 0 Å². The average molecular weight is 433 g/mol. The van der Waals surface area contributed by atoms with E-state index < -0.39 is 20.0 Å². The zero-order chi connectivity index (χ0) is 16.5. The van der Waals surface area contributed by atoms with E-state index in [1.165, 1.54) is 20.9 Å². The van der Waals surface area contributed by atoms with Crippen molar-refractivity contribution in [2.45, 2.75) is 11.8 Å². The third-order valence-electron chi connectivity index (χ3n) is 3.35. The molecule has 0 atom stereocenters. The maximum Gasteiger partial charge on any atom is 0.246 e. The van der Waals surface area contributed by atoms with Gasteiger partial charge in [-0.25, -0.2) is 21.8 Å². The molecule has 1 fully saturated rings. The first kappa shape index (κ1) is 18.1. The molecular weight excluding hydrogens is 418 g/mol. The summed E-state index contributed by atoms with van der Waals surface area (Å²) in [4.78, 5) is 3.73. The van der Waals surface area contributed by atoms with E-state index in [0.717, 1.165) is 0 Å². The highest BCUT2D eigenvalue weighted by Gasteiger charge is 2.33. The van der Waals surface area contributed by atoms with E-state index in [4.69, 9.17) is 11.6 Å². The second kappa shape index (κ2) is 6.70. The minimum Gasteiger partial charge on any atom is -0.242 e. The minimum atomic E-state index is -3.80. The van der Waals surface area contributed by atoms with Crippen LogP contribution < -0.4 is 0 Å². The molecule has 0 aliphatic carbocycles. The number of hydrogen-bond donors (Lipinski definition) is 0. The number of hydrogen-bond acceptors (Lipinski definition) is 5. The lowest BCUT2D eigenvalue weighted by molar-refractivity contribution is 0.273. The topological polar surface area (TPSA) is 87.7 Å². The lowest BCUT2D eigenvalue weighted by atomic mass is 10.4. The lowest BCUT2D eigenvalue weighted by Crippen LogP contribution is -2.50. The van der Waals surface area contributed by atoms with Gasteiger partial charge in [0.15, 0.2) is 0 Å². The molecule has 0 radical (unpaired) electrons. The monoisotopic (exact) mass is 431 g/mol. The fourth-order valence-electron chi connectivity index (χ4n) is 2.09. The fourth-order valence-corrected chi connectivity index (χ4v) is 5.52. The molecule has 7 nitrogen and oxygen atoms in total. The number of rotatable bonds is 4. The molecule has 1 aromatic rings. The van der Waals surface area contributed by atoms with Crippen LogP contribution in [0, 0.1) is 0 Å². The van der Waals surface area contributed by atoms with Crippen LogP contribution in [0.25, 0.3) is 0 Å². The van der Waals surface area contributed by atoms with E-state index >= 15 is 0 Å². The number of pyridine rings is 1. The van der Waals surface area contributed by atoms with Gasteiger partial charge in [0.2, 0.25) is 20.0 Å². The number of aromatic nitrogens is 1. The minimum absolute atomic E-state index is 0.00112. The van der Waals surface area contributed by atoms with E-state index in [1.54, 1.807) is 6.92 Å². The van der Waals surface area contributed by atoms with Crippen LogP contribution in [0.3, 0.4) is 0 Å². The Labute approximate surface area is 143 Å². The first-order valence-electron chi connectivity index (χ1n) is 6.47. The second-order valence-electron chi connectivity index (χ2n) is 4.65. The molecule has 11 heteroatoms. The quantitative estimate of drug-likeness (QED) is 0.666. The predicted octanol–water partition coefficient (Wildman–Crippen LogP) is 1.15. The van der Waals surface area contributed by atoms with Crippen LogP contribution in [-0.2, 0) is 20.0 Å². The largest absolute Gasteiger partial charge is 0.246 e. The molecule has 1 aromatic heterocycles. The summed E-state index contributed by atoms with van der Waals surface area (Å²) in [5.41, 5.74) is 0. The average Bonchev–Trinajstić information content (AvgIpc) is 2.49. The van der Waals surface area contributed by atoms with Crippen LogP contribution in [0.2, 0.25) is 5.15 Å². The van der Waals surface area contributed by atoms with Crippen molar-refractivity contribution >= 4 is 47.6 Å². The van der Waals surface area contributed by atoms with Gasteiger partial charge in [0, 0.05) is 36.8 Å². The zero-order valence-electron chi connectivity index (χ0n) is 11.7. The Morgan fingerprint density at radius 3 is 2.27 bits per heavy atom. The second-order valence-corrected chi connectivity index (χ2v) is 10.1. The summed E-state index contributed by atoms with van der Waals surface area (Å²) in [6.07, 6.45) is 1.41. The van der Waals surface area contributed by atoms with Crippen LogP contribution in [0.5, 0.6) is 0 Å². The van der Waals surface area contributed by atoms with Crippen LogP contribution in [-0.4, -0.2) is 62.4 Å². The van der Waals surface area contributed by atoms with Gasteiger partial charge in [-0.2, -0.15) is 8.61 Å². The SMILES string of the molecule is CCS(=O)(=O)N1CCN(S(=O)(=O)c2cc(Br)cnc2Cl)CC1. The third-order valence-corrected chi connectivity index (χ3v) is 7.99. The Morgan fingerprint density at radius 2 is 1.73 bits per heavy atom. The van der Waals surface area contributed by atoms with Gasteiger partial charge in [0.1, 0.15) is 10.0 Å². The van der Waals surface area contributed by atoms with E-state index in [0.29, 0.717) is 4.47 Å². The van der Waals surface area contributed by atoms with Crippen LogP contribution in [0.1, 0.15) is 6.92 Å². The highest BCUT2D eigenvalue weighted by molar-refractivity contribution is 9.10. The molecule has 0 amide bonds. The van der Waals surface area contributed by atoms with Crippen molar-refractivity contribution in [1.82, 2.24) is 13.6 Å². The van der Waals surface area contributed by atoms with Crippen molar-refractivity contribution in [3.05, 3.63) is 21.9 Å². The predicted molar refractivity (Wildman–Crippen MR) is 86.7 cm³/mol. The highest BCUT2D eigenvalue weighted by atomic mass is 79.9. The number of piperazine rings is 1. The Balaban J connectivity index is 2.22. The van der Waals surface area contributed by atoms with Gasteiger partial charge in [0.25, 0.3) is 0 Å². The summed E-state index contributed by atoms with van der Waals surface area (Å²) in [7, 11) is -7.11. The molecule has 1 saturated heterocycles. The van der Waals surface area contributed by atoms with E-state index in [9.17, 15) is 16.8 Å². The molecule has 0 aromatic carbocycles. The molecule has 1 aliphatic rings. The van der Waals surface area contributed by atoms with Gasteiger partial charge in [-0.3, -0.25) is 0 Å². The third kappa shape index (κ3) is 3.62. The Bertz CT molecular complexity index is 762. The molecule has 0 unspecified atom stereocenters. The zero-order valence-corrected chi connectivity index (χ0v) is 15.7. The molecule has 2 heterocycles. The summed E-state index contributed by atoms with van der Waals surface area (Å²) in [6.45, 7) is 2.00. The summed E-state index contributed by atoms with van der Waals surface area (Å²) in [5.74, 6) is 0.00112. The van der Waals surface area contributed by atoms with E-state index in [-0.39, 0.29) is 42.0 Å². The molecule has 0 N–H and O–H groups in total. The molecule has 2 rings (SSSR count). The Kier molecular flexibility index (Phi) is 5.50. The molecule has 1 aliphatic heterocycles. The standard InChI is InChI=1S/C11H15BrClN3O4S2/c1-2-21(17,18)15-3-5-16(6-4-15)22(19,20)10-7-9(12)8-14-11(10)13/h7-8H,2-6H2,1H3. The van der Waals surface area contributed by atoms with Gasteiger partial charge in [0.05, 0.1) is 5.75 Å². The highest BCUT2D eigenvalue weighted by Crippen LogP contribution is 2.26. The van der Waals surface area contributed by atoms with Gasteiger partial charge in [-0.05, 0) is 28.9 Å². The number of halogens is 2. The normalized spacial score (nSPS) is 18.5. The van der Waals surface area contributed by atoms with Gasteiger partial charge < -0.3 is 0 Å². The molecule has 22 heavy (non-hydrogen) atoms. The van der Waals surface area contributed by atoms with Crippen LogP contribution in [0.4, 0.5) is 0 Å². The number of nitrogens with zero attached hydrogens (tertiary/aromatic N) is 3. The molecule has 124 valence electrons. The van der Waals surface area contributed by atoms with Crippen LogP contribution >= 0.6 is 27.5 Å². The van der Waals surface area contributed by atoms with Crippen molar-refractivity contribution in [1.29, 1.82) is 0 Å². The van der Waals surface area contributed by atoms with Gasteiger partial charge in [-0.1, -0.05) is 11.6 Å². The van der Waals surface area contributed by atoms with Crippen molar-refractivity contribution < 1.29 is 16.8 Å². The Morgan fingerprint density at radius 1 is 1.18 bits per heavy atom. The van der Waals surface area contributed by atoms with Crippen molar-refractivity contribution in [3.63, 3.8) is 0 Å². The summed E-state index contributed by atoms with van der Waals surface area (Å²) >= 11 is 9.05. The lowest BCUT2D eigenvalue weighted by Gasteiger charge is -2.33. The number of sulfonamides is 2. The Hall–Kier alpha value is -0.260. The first-order chi connectivity index (χ1) is 10.2. The maximum absolute atomic E-state index is 12.6. The summed E-state index contributed by atoms with van der Waals surface area (Å²) < 4.78 is 51.8. The smallest absolute Gasteiger partial charge is 0.242 e. The molecular formula is C11H15BrClN3O4S2. The summed E-state index contributed by atoms with van der Waals surface area (Å²) in [6, 6.07) is 1.39. The van der Waals surface area contributed by atoms with Crippen molar-refractivity contribution in [3.8, 4) is 0 Å². The maximum atomic E-state index is 12.6. The summed E-state index contributed by atoms with van der Waals surface area (Å²) in [5, 5.41) is -0.105. The van der Waals surface area contributed by atoms with Gasteiger partial charge >= 0.3 is 0 Å². The van der Waals surface area contributed by atoms with E-state index in [2.05, 4.69) is 20.9 Å². The van der Waals surface area contributed by atoms with Gasteiger partial charge in [-0.15, -0.1) is 0 Å². The van der Waals surface area contributed by atoms with Crippen molar-refractivity contribution in [2.24, 2.45) is 0 Å². The first-order valence-corrected chi connectivity index (χ1v) is 10.7. The fraction of sp³-hybridized carbons (Fsp3) is 0.545.